The number of esters is 2. The third-order valence-corrected chi connectivity index (χ3v) is 6.66. The van der Waals surface area contributed by atoms with Crippen molar-refractivity contribution in [3.63, 3.8) is 0 Å². The summed E-state index contributed by atoms with van der Waals surface area (Å²) in [5.41, 5.74) is 1.07. The molecule has 1 amide bonds. The molecule has 4 unspecified atom stereocenters. The molecule has 41 heavy (non-hydrogen) atoms. The van der Waals surface area contributed by atoms with Crippen LogP contribution in [0.5, 0.6) is 11.5 Å². The van der Waals surface area contributed by atoms with E-state index in [4.69, 9.17) is 23.7 Å². The smallest absolute Gasteiger partial charge is 0.329 e. The predicted molar refractivity (Wildman–Crippen MR) is 152 cm³/mol. The van der Waals surface area contributed by atoms with E-state index in [1.807, 2.05) is 18.2 Å². The van der Waals surface area contributed by atoms with E-state index in [1.54, 1.807) is 6.92 Å². The largest absolute Gasteiger partial charge is 0.493 e. The van der Waals surface area contributed by atoms with E-state index in [2.05, 4.69) is 36.3 Å². The van der Waals surface area contributed by atoms with Gasteiger partial charge in [0.25, 0.3) is 5.91 Å². The first-order valence-electron chi connectivity index (χ1n) is 14.2. The Kier molecular flexibility index (Phi) is 12.6. The van der Waals surface area contributed by atoms with Crippen LogP contribution in [-0.4, -0.2) is 67.5 Å². The number of nitrogens with zero attached hydrogens (tertiary/aromatic N) is 1. The van der Waals surface area contributed by atoms with Crippen LogP contribution in [-0.2, 0) is 30.2 Å². The van der Waals surface area contributed by atoms with E-state index in [0.29, 0.717) is 38.4 Å². The lowest BCUT2D eigenvalue weighted by atomic mass is 10.0. The van der Waals surface area contributed by atoms with E-state index >= 15 is 0 Å². The van der Waals surface area contributed by atoms with Crippen molar-refractivity contribution < 1.29 is 38.1 Å². The highest BCUT2D eigenvalue weighted by atomic mass is 16.6. The lowest BCUT2D eigenvalue weighted by Gasteiger charge is -2.31. The van der Waals surface area contributed by atoms with Gasteiger partial charge in [0.15, 0.2) is 11.4 Å². The number of hydrogen-bond acceptors (Lipinski definition) is 9. The predicted octanol–water partition coefficient (Wildman–Crippen LogP) is 4.29. The molecular formula is C31H42N2O8. The Morgan fingerprint density at radius 3 is 2.56 bits per heavy atom. The van der Waals surface area contributed by atoms with Crippen molar-refractivity contribution in [3.8, 4) is 11.5 Å². The number of pyridine rings is 1. The van der Waals surface area contributed by atoms with Crippen LogP contribution in [0.15, 0.2) is 42.6 Å². The van der Waals surface area contributed by atoms with E-state index in [0.717, 1.165) is 12.8 Å². The van der Waals surface area contributed by atoms with Crippen LogP contribution in [0.3, 0.4) is 0 Å². The Morgan fingerprint density at radius 2 is 1.88 bits per heavy atom. The zero-order valence-electron chi connectivity index (χ0n) is 24.6. The fourth-order valence-electron chi connectivity index (χ4n) is 4.67. The van der Waals surface area contributed by atoms with Gasteiger partial charge in [0.1, 0.15) is 18.2 Å². The van der Waals surface area contributed by atoms with Gasteiger partial charge in [-0.2, -0.15) is 0 Å². The van der Waals surface area contributed by atoms with Gasteiger partial charge in [-0.15, -0.1) is 0 Å². The van der Waals surface area contributed by atoms with Crippen molar-refractivity contribution in [1.82, 2.24) is 10.3 Å². The normalized spacial score (nSPS) is 21.3. The molecule has 1 aromatic heterocycles. The molecule has 2 aromatic rings. The lowest BCUT2D eigenvalue weighted by molar-refractivity contribution is -0.168. The van der Waals surface area contributed by atoms with Gasteiger partial charge in [-0.1, -0.05) is 44.2 Å². The van der Waals surface area contributed by atoms with Gasteiger partial charge >= 0.3 is 11.9 Å². The number of aromatic nitrogens is 1. The quantitative estimate of drug-likeness (QED) is 0.294. The van der Waals surface area contributed by atoms with E-state index in [-0.39, 0.29) is 23.3 Å². The Balaban J connectivity index is 1.72. The van der Waals surface area contributed by atoms with Crippen LogP contribution in [0.4, 0.5) is 0 Å². The average molecular weight is 571 g/mol. The molecule has 10 heteroatoms. The third-order valence-electron chi connectivity index (χ3n) is 6.66. The maximum Gasteiger partial charge on any atom is 0.329 e. The Bertz CT molecular complexity index is 1140. The molecule has 1 saturated heterocycles. The molecule has 1 aliphatic rings. The summed E-state index contributed by atoms with van der Waals surface area (Å²) in [6.45, 7) is 8.20. The van der Waals surface area contributed by atoms with Gasteiger partial charge in [-0.3, -0.25) is 9.59 Å². The second kappa shape index (κ2) is 16.1. The van der Waals surface area contributed by atoms with Crippen molar-refractivity contribution in [2.24, 2.45) is 5.92 Å². The SMILES string of the molecule is COc1ccnc(C(=O)NC2CCCC(OCC(C)C)C(OCCCc3ccccc3)C(C)OC2=O)c1OC(C)=O. The molecule has 3 rings (SSSR count). The van der Waals surface area contributed by atoms with Crippen LogP contribution in [0.1, 0.15) is 69.4 Å². The molecular weight excluding hydrogens is 528 g/mol. The highest BCUT2D eigenvalue weighted by molar-refractivity contribution is 5.98. The van der Waals surface area contributed by atoms with Gasteiger partial charge < -0.3 is 29.0 Å². The summed E-state index contributed by atoms with van der Waals surface area (Å²) >= 11 is 0. The Hall–Kier alpha value is -3.50. The number of aryl methyl sites for hydroxylation is 1. The summed E-state index contributed by atoms with van der Waals surface area (Å²) < 4.78 is 28.8. The number of benzene rings is 1. The van der Waals surface area contributed by atoms with Gasteiger partial charge in [-0.25, -0.2) is 9.78 Å². The third kappa shape index (κ3) is 9.82. The summed E-state index contributed by atoms with van der Waals surface area (Å²) in [5.74, 6) is -1.52. The zero-order chi connectivity index (χ0) is 29.8. The standard InChI is InChI=1S/C31H42N2O8/c1-20(2)19-39-26-15-9-14-24(33-30(35)27-29(41-22(4)34)25(37-5)16-17-32-27)31(36)40-21(3)28(26)38-18-10-13-23-11-7-6-8-12-23/h6-8,11-12,16-17,20-21,24,26,28H,9-10,13-15,18-19H2,1-5H3,(H,33,35). The van der Waals surface area contributed by atoms with E-state index in [1.165, 1.54) is 31.9 Å². The minimum Gasteiger partial charge on any atom is -0.493 e. The molecule has 1 N–H and O–H groups in total. The number of hydrogen-bond donors (Lipinski definition) is 1. The van der Waals surface area contributed by atoms with E-state index < -0.39 is 36.1 Å². The highest BCUT2D eigenvalue weighted by Gasteiger charge is 2.36. The Morgan fingerprint density at radius 1 is 1.12 bits per heavy atom. The summed E-state index contributed by atoms with van der Waals surface area (Å²) in [4.78, 5) is 42.2. The molecule has 1 fully saturated rings. The van der Waals surface area contributed by atoms with Crippen LogP contribution < -0.4 is 14.8 Å². The first-order valence-corrected chi connectivity index (χ1v) is 14.2. The van der Waals surface area contributed by atoms with Crippen LogP contribution in [0, 0.1) is 5.92 Å². The molecule has 1 aromatic carbocycles. The zero-order valence-corrected chi connectivity index (χ0v) is 24.6. The molecule has 0 radical (unpaired) electrons. The van der Waals surface area contributed by atoms with Gasteiger partial charge in [-0.05, 0) is 50.5 Å². The maximum atomic E-state index is 13.3. The van der Waals surface area contributed by atoms with Crippen molar-refractivity contribution in [2.75, 3.05) is 20.3 Å². The second-order valence-corrected chi connectivity index (χ2v) is 10.6. The number of ether oxygens (including phenoxy) is 5. The van der Waals surface area contributed by atoms with Crippen molar-refractivity contribution in [1.29, 1.82) is 0 Å². The molecule has 0 saturated carbocycles. The molecule has 224 valence electrons. The molecule has 0 bridgehead atoms. The van der Waals surface area contributed by atoms with Crippen molar-refractivity contribution in [2.45, 2.75) is 84.2 Å². The number of amides is 1. The molecule has 0 spiro atoms. The lowest BCUT2D eigenvalue weighted by Crippen LogP contribution is -2.46. The number of nitrogens with one attached hydrogen (secondary N) is 1. The fraction of sp³-hybridized carbons (Fsp3) is 0.548. The molecule has 2 heterocycles. The molecule has 0 aliphatic carbocycles. The van der Waals surface area contributed by atoms with E-state index in [9.17, 15) is 14.4 Å². The topological polar surface area (TPSA) is 122 Å². The molecule has 10 nitrogen and oxygen atoms in total. The maximum absolute atomic E-state index is 13.3. The van der Waals surface area contributed by atoms with Gasteiger partial charge in [0.05, 0.1) is 13.2 Å². The van der Waals surface area contributed by atoms with Crippen LogP contribution in [0.25, 0.3) is 0 Å². The van der Waals surface area contributed by atoms with Gasteiger partial charge in [0.2, 0.25) is 5.75 Å². The summed E-state index contributed by atoms with van der Waals surface area (Å²) in [6.07, 6.45) is 3.24. The minimum atomic E-state index is -0.939. The Labute approximate surface area is 242 Å². The number of carbonyl (C=O) groups is 3. The van der Waals surface area contributed by atoms with Crippen molar-refractivity contribution in [3.05, 3.63) is 53.9 Å². The summed E-state index contributed by atoms with van der Waals surface area (Å²) in [5, 5.41) is 2.71. The number of carbonyl (C=O) groups excluding carboxylic acids is 3. The first-order chi connectivity index (χ1) is 19.7. The molecule has 1 aliphatic heterocycles. The number of methoxy groups -OCH3 is 1. The monoisotopic (exact) mass is 570 g/mol. The first kappa shape index (κ1) is 32.0. The van der Waals surface area contributed by atoms with Crippen LogP contribution >= 0.6 is 0 Å². The summed E-state index contributed by atoms with van der Waals surface area (Å²) in [6, 6.07) is 10.7. The van der Waals surface area contributed by atoms with Gasteiger partial charge in [0, 0.05) is 32.4 Å². The van der Waals surface area contributed by atoms with Crippen LogP contribution in [0.2, 0.25) is 0 Å². The average Bonchev–Trinajstić information content (AvgIpc) is 2.99. The number of rotatable bonds is 12. The minimum absolute atomic E-state index is 0.115. The fourth-order valence-corrected chi connectivity index (χ4v) is 4.67. The summed E-state index contributed by atoms with van der Waals surface area (Å²) in [7, 11) is 1.39. The highest BCUT2D eigenvalue weighted by Crippen LogP contribution is 2.30. The number of cyclic esters (lactones) is 1. The van der Waals surface area contributed by atoms with Crippen molar-refractivity contribution >= 4 is 17.8 Å². The molecule has 4 atom stereocenters. The second-order valence-electron chi connectivity index (χ2n) is 10.6.